The highest BCUT2D eigenvalue weighted by Gasteiger charge is 2.18. The summed E-state index contributed by atoms with van der Waals surface area (Å²) < 4.78 is 23.0. The molecule has 0 spiro atoms. The number of amides is 1. The molecule has 0 radical (unpaired) electrons. The van der Waals surface area contributed by atoms with Crippen molar-refractivity contribution >= 4 is 27.3 Å². The van der Waals surface area contributed by atoms with E-state index in [2.05, 4.69) is 0 Å². The first-order chi connectivity index (χ1) is 13.4. The van der Waals surface area contributed by atoms with Crippen LogP contribution in [-0.4, -0.2) is 25.8 Å². The minimum atomic E-state index is -3.74. The molecule has 7 heteroatoms. The summed E-state index contributed by atoms with van der Waals surface area (Å²) >= 11 is 1.05. The van der Waals surface area contributed by atoms with Crippen LogP contribution < -0.4 is 5.14 Å². The van der Waals surface area contributed by atoms with Gasteiger partial charge in [0.25, 0.3) is 0 Å². The Morgan fingerprint density at radius 1 is 0.893 bits per heavy atom. The molecule has 0 bridgehead atoms. The molecule has 1 aromatic heterocycles. The molecule has 5 nitrogen and oxygen atoms in total. The molecule has 0 fully saturated rings. The SMILES string of the molecule is NS(=O)(=O)c1ccc(CC(=O)N(CCc2ccccc2)Cc2ccccc2)s1. The van der Waals surface area contributed by atoms with Crippen LogP contribution in [0, 0.1) is 0 Å². The number of nitrogens with two attached hydrogens (primary N) is 1. The Morgan fingerprint density at radius 2 is 1.50 bits per heavy atom. The zero-order valence-corrected chi connectivity index (χ0v) is 17.0. The Labute approximate surface area is 169 Å². The van der Waals surface area contributed by atoms with Gasteiger partial charge in [0.2, 0.25) is 15.9 Å². The van der Waals surface area contributed by atoms with Gasteiger partial charge >= 0.3 is 0 Å². The Hall–Kier alpha value is -2.48. The minimum absolute atomic E-state index is 0.0393. The van der Waals surface area contributed by atoms with Crippen LogP contribution in [0.4, 0.5) is 0 Å². The molecular formula is C21H22N2O3S2. The number of rotatable bonds is 8. The Morgan fingerprint density at radius 3 is 2.07 bits per heavy atom. The van der Waals surface area contributed by atoms with E-state index in [1.165, 1.54) is 11.6 Å². The topological polar surface area (TPSA) is 80.5 Å². The molecule has 2 aromatic carbocycles. The molecule has 0 saturated heterocycles. The lowest BCUT2D eigenvalue weighted by molar-refractivity contribution is -0.131. The Balaban J connectivity index is 1.72. The maximum absolute atomic E-state index is 12.9. The highest BCUT2D eigenvalue weighted by molar-refractivity contribution is 7.91. The molecule has 1 amide bonds. The van der Waals surface area contributed by atoms with Gasteiger partial charge in [0.1, 0.15) is 4.21 Å². The lowest BCUT2D eigenvalue weighted by atomic mass is 10.1. The number of benzene rings is 2. The molecular weight excluding hydrogens is 392 g/mol. The van der Waals surface area contributed by atoms with Crippen LogP contribution in [0.2, 0.25) is 0 Å². The molecule has 0 unspecified atom stereocenters. The van der Waals surface area contributed by atoms with Gasteiger partial charge in [0, 0.05) is 18.0 Å². The van der Waals surface area contributed by atoms with E-state index in [1.54, 1.807) is 6.07 Å². The fourth-order valence-corrected chi connectivity index (χ4v) is 4.64. The van der Waals surface area contributed by atoms with Crippen LogP contribution in [0.1, 0.15) is 16.0 Å². The molecule has 28 heavy (non-hydrogen) atoms. The highest BCUT2D eigenvalue weighted by atomic mass is 32.2. The van der Waals surface area contributed by atoms with Crippen molar-refractivity contribution < 1.29 is 13.2 Å². The quantitative estimate of drug-likeness (QED) is 0.615. The van der Waals surface area contributed by atoms with E-state index in [4.69, 9.17) is 5.14 Å². The van der Waals surface area contributed by atoms with Gasteiger partial charge in [-0.1, -0.05) is 60.7 Å². The van der Waals surface area contributed by atoms with Gasteiger partial charge in [-0.2, -0.15) is 0 Å². The molecule has 2 N–H and O–H groups in total. The van der Waals surface area contributed by atoms with Crippen LogP contribution in [0.15, 0.2) is 77.0 Å². The molecule has 3 aromatic rings. The predicted molar refractivity (Wildman–Crippen MR) is 111 cm³/mol. The summed E-state index contributed by atoms with van der Waals surface area (Å²) in [4.78, 5) is 15.5. The molecule has 0 aliphatic rings. The van der Waals surface area contributed by atoms with Crippen molar-refractivity contribution in [2.24, 2.45) is 5.14 Å². The van der Waals surface area contributed by atoms with Crippen molar-refractivity contribution in [1.29, 1.82) is 0 Å². The zero-order chi connectivity index (χ0) is 20.0. The van der Waals surface area contributed by atoms with Crippen molar-refractivity contribution in [2.75, 3.05) is 6.54 Å². The number of carbonyl (C=O) groups excluding carboxylic acids is 1. The maximum Gasteiger partial charge on any atom is 0.247 e. The minimum Gasteiger partial charge on any atom is -0.338 e. The average molecular weight is 415 g/mol. The van der Waals surface area contributed by atoms with Crippen LogP contribution >= 0.6 is 11.3 Å². The van der Waals surface area contributed by atoms with Crippen LogP contribution in [0.5, 0.6) is 0 Å². The number of thiophene rings is 1. The van der Waals surface area contributed by atoms with Gasteiger partial charge in [0.15, 0.2) is 0 Å². The van der Waals surface area contributed by atoms with Crippen molar-refractivity contribution in [3.8, 4) is 0 Å². The largest absolute Gasteiger partial charge is 0.338 e. The number of hydrogen-bond donors (Lipinski definition) is 1. The van der Waals surface area contributed by atoms with Gasteiger partial charge in [-0.3, -0.25) is 4.79 Å². The number of nitrogens with zero attached hydrogens (tertiary/aromatic N) is 1. The lowest BCUT2D eigenvalue weighted by Gasteiger charge is -2.23. The van der Waals surface area contributed by atoms with E-state index in [0.717, 1.165) is 23.3 Å². The van der Waals surface area contributed by atoms with Crippen LogP contribution in [-0.2, 0) is 34.2 Å². The van der Waals surface area contributed by atoms with E-state index >= 15 is 0 Å². The second-order valence-corrected chi connectivity index (χ2v) is 9.44. The van der Waals surface area contributed by atoms with Gasteiger partial charge in [-0.05, 0) is 29.7 Å². The van der Waals surface area contributed by atoms with E-state index in [9.17, 15) is 13.2 Å². The third kappa shape index (κ3) is 5.76. The summed E-state index contributed by atoms with van der Waals surface area (Å²) in [5, 5.41) is 5.16. The smallest absolute Gasteiger partial charge is 0.247 e. The van der Waals surface area contributed by atoms with Crippen molar-refractivity contribution in [2.45, 2.75) is 23.6 Å². The molecule has 0 aliphatic heterocycles. The van der Waals surface area contributed by atoms with Gasteiger partial charge in [-0.15, -0.1) is 11.3 Å². The average Bonchev–Trinajstić information content (AvgIpc) is 3.15. The highest BCUT2D eigenvalue weighted by Crippen LogP contribution is 2.21. The van der Waals surface area contributed by atoms with Crippen molar-refractivity contribution in [3.05, 3.63) is 88.8 Å². The summed E-state index contributed by atoms with van der Waals surface area (Å²) in [7, 11) is -3.74. The van der Waals surface area contributed by atoms with Gasteiger partial charge < -0.3 is 4.90 Å². The summed E-state index contributed by atoms with van der Waals surface area (Å²) in [5.74, 6) is -0.0393. The fourth-order valence-electron chi connectivity index (χ4n) is 2.87. The molecule has 0 aliphatic carbocycles. The van der Waals surface area contributed by atoms with E-state index in [1.807, 2.05) is 65.6 Å². The maximum atomic E-state index is 12.9. The molecule has 0 atom stereocenters. The van der Waals surface area contributed by atoms with Gasteiger partial charge in [-0.25, -0.2) is 13.6 Å². The Bertz CT molecular complexity index is 1020. The molecule has 3 rings (SSSR count). The number of sulfonamides is 1. The van der Waals surface area contributed by atoms with Crippen LogP contribution in [0.25, 0.3) is 0 Å². The van der Waals surface area contributed by atoms with E-state index in [-0.39, 0.29) is 16.5 Å². The zero-order valence-electron chi connectivity index (χ0n) is 15.3. The van der Waals surface area contributed by atoms with E-state index < -0.39 is 10.0 Å². The Kier molecular flexibility index (Phi) is 6.61. The molecule has 146 valence electrons. The van der Waals surface area contributed by atoms with Crippen LogP contribution in [0.3, 0.4) is 0 Å². The number of hydrogen-bond acceptors (Lipinski definition) is 4. The molecule has 0 saturated carbocycles. The third-order valence-electron chi connectivity index (χ3n) is 4.33. The second-order valence-electron chi connectivity index (χ2n) is 6.48. The number of carbonyl (C=O) groups is 1. The summed E-state index contributed by atoms with van der Waals surface area (Å²) in [6, 6.07) is 23.0. The molecule has 1 heterocycles. The fraction of sp³-hybridized carbons (Fsp3) is 0.190. The number of primary sulfonamides is 1. The predicted octanol–water partition coefficient (Wildman–Crippen LogP) is 3.21. The monoisotopic (exact) mass is 414 g/mol. The van der Waals surface area contributed by atoms with Crippen molar-refractivity contribution in [1.82, 2.24) is 4.90 Å². The first-order valence-corrected chi connectivity index (χ1v) is 11.3. The van der Waals surface area contributed by atoms with E-state index in [0.29, 0.717) is 18.0 Å². The standard InChI is InChI=1S/C21H22N2O3S2/c22-28(25,26)21-12-11-19(27-21)15-20(24)23(16-18-9-5-2-6-10-18)14-13-17-7-3-1-4-8-17/h1-12H,13-16H2,(H2,22,25,26). The van der Waals surface area contributed by atoms with Gasteiger partial charge in [0.05, 0.1) is 6.42 Å². The first-order valence-electron chi connectivity index (χ1n) is 8.89. The summed E-state index contributed by atoms with van der Waals surface area (Å²) in [6.07, 6.45) is 0.911. The normalized spacial score (nSPS) is 11.3. The summed E-state index contributed by atoms with van der Waals surface area (Å²) in [5.41, 5.74) is 2.22. The summed E-state index contributed by atoms with van der Waals surface area (Å²) in [6.45, 7) is 1.10. The second kappa shape index (κ2) is 9.14. The third-order valence-corrected chi connectivity index (χ3v) is 6.85. The first kappa shape index (κ1) is 20.3. The lowest BCUT2D eigenvalue weighted by Crippen LogP contribution is -2.33. The van der Waals surface area contributed by atoms with Crippen molar-refractivity contribution in [3.63, 3.8) is 0 Å².